The minimum Gasteiger partial charge on any atom is -0.364 e. The molecule has 0 atom stereocenters. The first-order chi connectivity index (χ1) is 23.4. The van der Waals surface area contributed by atoms with Gasteiger partial charge in [-0.2, -0.15) is 19.9 Å². The molecule has 8 rings (SSSR count). The van der Waals surface area contributed by atoms with Crippen molar-refractivity contribution >= 4 is 80.4 Å². The molecule has 6 aromatic rings. The van der Waals surface area contributed by atoms with E-state index in [1.54, 1.807) is 0 Å². The second kappa shape index (κ2) is 14.8. The van der Waals surface area contributed by atoms with Crippen LogP contribution in [0.15, 0.2) is 61.2 Å². The monoisotopic (exact) mass is 722 g/mol. The number of halogens is 4. The summed E-state index contributed by atoms with van der Waals surface area (Å²) in [5.74, 6) is 1.28. The molecule has 2 aliphatic rings. The summed E-state index contributed by atoms with van der Waals surface area (Å²) in [6.07, 6.45) is 13.4. The largest absolute Gasteiger partial charge is 0.364 e. The maximum absolute atomic E-state index is 6.21. The summed E-state index contributed by atoms with van der Waals surface area (Å²) in [5.41, 5.74) is 5.08. The molecule has 0 aliphatic heterocycles. The molecule has 0 bridgehead atoms. The van der Waals surface area contributed by atoms with Crippen molar-refractivity contribution in [3.05, 3.63) is 92.9 Å². The summed E-state index contributed by atoms with van der Waals surface area (Å²) in [7, 11) is 0. The van der Waals surface area contributed by atoms with E-state index in [4.69, 9.17) is 46.4 Å². The Morgan fingerprint density at radius 1 is 0.562 bits per heavy atom. The van der Waals surface area contributed by atoms with Crippen molar-refractivity contribution in [3.63, 3.8) is 0 Å². The smallest absolute Gasteiger partial charge is 0.226 e. The van der Waals surface area contributed by atoms with Crippen LogP contribution in [0.1, 0.15) is 74.6 Å². The van der Waals surface area contributed by atoms with Gasteiger partial charge >= 0.3 is 0 Å². The van der Waals surface area contributed by atoms with E-state index < -0.39 is 0 Å². The second-order valence-corrected chi connectivity index (χ2v) is 13.6. The van der Waals surface area contributed by atoms with Gasteiger partial charge in [0.25, 0.3) is 0 Å². The number of aromatic nitrogens is 8. The molecule has 2 fully saturated rings. The summed E-state index contributed by atoms with van der Waals surface area (Å²) in [4.78, 5) is 26.5. The van der Waals surface area contributed by atoms with Crippen molar-refractivity contribution in [2.24, 2.45) is 0 Å². The number of fused-ring (bicyclic) bond motifs is 2. The average molecular weight is 725 g/mol. The van der Waals surface area contributed by atoms with Crippen LogP contribution in [0.4, 0.5) is 11.6 Å². The predicted octanol–water partition coefficient (Wildman–Crippen LogP) is 9.72. The SMILES string of the molecule is Clc1nc(NCc2ccccc2Cl)c2ncn(C3CCCC3)c2n1.Clc1nc(NCc2ccccc2Cl)c2ncn(C3CCCC3)c2n1. The van der Waals surface area contributed by atoms with Gasteiger partial charge in [-0.1, -0.05) is 85.3 Å². The summed E-state index contributed by atoms with van der Waals surface area (Å²) in [5, 5.41) is 8.48. The van der Waals surface area contributed by atoms with E-state index >= 15 is 0 Å². The highest BCUT2D eigenvalue weighted by Gasteiger charge is 2.23. The zero-order chi connectivity index (χ0) is 33.0. The van der Waals surface area contributed by atoms with Crippen LogP contribution >= 0.6 is 46.4 Å². The summed E-state index contributed by atoms with van der Waals surface area (Å²) in [6.45, 7) is 1.11. The first-order valence-corrected chi connectivity index (χ1v) is 17.7. The Morgan fingerprint density at radius 3 is 1.35 bits per heavy atom. The molecule has 0 radical (unpaired) electrons. The second-order valence-electron chi connectivity index (χ2n) is 12.1. The van der Waals surface area contributed by atoms with Crippen LogP contribution in [0.3, 0.4) is 0 Å². The van der Waals surface area contributed by atoms with Crippen LogP contribution < -0.4 is 10.6 Å². The van der Waals surface area contributed by atoms with E-state index in [9.17, 15) is 0 Å². The zero-order valence-electron chi connectivity index (χ0n) is 26.1. The van der Waals surface area contributed by atoms with Crippen molar-refractivity contribution in [2.75, 3.05) is 10.6 Å². The van der Waals surface area contributed by atoms with Crippen molar-refractivity contribution < 1.29 is 0 Å². The lowest BCUT2D eigenvalue weighted by atomic mass is 10.2. The topological polar surface area (TPSA) is 111 Å². The zero-order valence-corrected chi connectivity index (χ0v) is 29.1. The highest BCUT2D eigenvalue weighted by atomic mass is 35.5. The normalized spacial score (nSPS) is 15.2. The third-order valence-electron chi connectivity index (χ3n) is 9.03. The maximum Gasteiger partial charge on any atom is 0.226 e. The number of hydrogen-bond acceptors (Lipinski definition) is 8. The van der Waals surface area contributed by atoms with E-state index in [2.05, 4.69) is 49.7 Å². The van der Waals surface area contributed by atoms with Crippen LogP contribution in [0.2, 0.25) is 20.6 Å². The number of rotatable bonds is 8. The van der Waals surface area contributed by atoms with Crippen molar-refractivity contribution in [2.45, 2.75) is 76.5 Å². The molecule has 4 aromatic heterocycles. The maximum atomic E-state index is 6.21. The summed E-state index contributed by atoms with van der Waals surface area (Å²) < 4.78 is 4.27. The molecule has 0 amide bonds. The molecule has 2 N–H and O–H groups in total. The number of imidazole rings is 2. The minimum absolute atomic E-state index is 0.226. The highest BCUT2D eigenvalue weighted by Crippen LogP contribution is 2.34. The van der Waals surface area contributed by atoms with Gasteiger partial charge in [0.15, 0.2) is 34.0 Å². The fraction of sp³-hybridized carbons (Fsp3) is 0.353. The predicted molar refractivity (Wildman–Crippen MR) is 193 cm³/mol. The Kier molecular flexibility index (Phi) is 10.1. The number of nitrogens with zero attached hydrogens (tertiary/aromatic N) is 8. The highest BCUT2D eigenvalue weighted by molar-refractivity contribution is 6.31. The minimum atomic E-state index is 0.226. The van der Waals surface area contributed by atoms with Crippen LogP contribution in [0.5, 0.6) is 0 Å². The van der Waals surface area contributed by atoms with Crippen molar-refractivity contribution in [1.82, 2.24) is 39.0 Å². The average Bonchev–Trinajstić information content (AvgIpc) is 3.91. The Hall–Kier alpha value is -3.70. The molecule has 14 heteroatoms. The Balaban J connectivity index is 0.000000152. The van der Waals surface area contributed by atoms with Gasteiger partial charge in [-0.3, -0.25) is 0 Å². The fourth-order valence-corrected chi connectivity index (χ4v) is 7.30. The van der Waals surface area contributed by atoms with Crippen LogP contribution in [0.25, 0.3) is 22.3 Å². The first kappa shape index (κ1) is 32.8. The number of benzene rings is 2. The third kappa shape index (κ3) is 7.17. The van der Waals surface area contributed by atoms with Crippen LogP contribution in [-0.4, -0.2) is 39.0 Å². The Bertz CT molecular complexity index is 1890. The number of hydrogen-bond donors (Lipinski definition) is 2. The lowest BCUT2D eigenvalue weighted by Gasteiger charge is -2.12. The van der Waals surface area contributed by atoms with E-state index in [0.29, 0.717) is 36.8 Å². The molecule has 0 saturated heterocycles. The summed E-state index contributed by atoms with van der Waals surface area (Å²) >= 11 is 24.7. The number of nitrogens with one attached hydrogen (secondary N) is 2. The molecule has 2 aliphatic carbocycles. The van der Waals surface area contributed by atoms with E-state index in [1.165, 1.54) is 25.7 Å². The molecule has 0 spiro atoms. The molecule has 10 nitrogen and oxygen atoms in total. The standard InChI is InChI=1S/2C17H17Cl2N5/c2*18-13-8-4-1-5-11(13)9-20-15-14-16(23-17(19)22-15)24(10-21-14)12-6-2-3-7-12/h2*1,4-5,8,10,12H,2-3,6-7,9H2,(H,20,22,23). The van der Waals surface area contributed by atoms with Gasteiger partial charge in [0.05, 0.1) is 12.7 Å². The molecule has 248 valence electrons. The lowest BCUT2D eigenvalue weighted by Crippen LogP contribution is -2.06. The van der Waals surface area contributed by atoms with E-state index in [0.717, 1.165) is 69.2 Å². The van der Waals surface area contributed by atoms with Crippen LogP contribution in [-0.2, 0) is 13.1 Å². The number of anilines is 2. The Labute approximate surface area is 298 Å². The molecule has 2 aromatic carbocycles. The molecule has 0 unspecified atom stereocenters. The molecular formula is C34H34Cl4N10. The molecule has 2 saturated carbocycles. The molecular weight excluding hydrogens is 690 g/mol. The third-order valence-corrected chi connectivity index (χ3v) is 10.1. The van der Waals surface area contributed by atoms with E-state index in [-0.39, 0.29) is 10.6 Å². The van der Waals surface area contributed by atoms with Gasteiger partial charge in [0.1, 0.15) is 0 Å². The van der Waals surface area contributed by atoms with Gasteiger partial charge in [-0.15, -0.1) is 0 Å². The van der Waals surface area contributed by atoms with Gasteiger partial charge in [0, 0.05) is 35.2 Å². The van der Waals surface area contributed by atoms with Gasteiger partial charge in [-0.05, 0) is 72.1 Å². The first-order valence-electron chi connectivity index (χ1n) is 16.2. The fourth-order valence-electron chi connectivity index (χ4n) is 6.57. The van der Waals surface area contributed by atoms with Gasteiger partial charge < -0.3 is 19.8 Å². The van der Waals surface area contributed by atoms with Crippen molar-refractivity contribution in [3.8, 4) is 0 Å². The van der Waals surface area contributed by atoms with E-state index in [1.807, 2.05) is 61.2 Å². The van der Waals surface area contributed by atoms with Crippen molar-refractivity contribution in [1.29, 1.82) is 0 Å². The quantitative estimate of drug-likeness (QED) is 0.149. The Morgan fingerprint density at radius 2 is 0.958 bits per heavy atom. The molecule has 4 heterocycles. The lowest BCUT2D eigenvalue weighted by molar-refractivity contribution is 0.529. The summed E-state index contributed by atoms with van der Waals surface area (Å²) in [6, 6.07) is 16.4. The molecule has 48 heavy (non-hydrogen) atoms. The van der Waals surface area contributed by atoms with Crippen LogP contribution in [0, 0.1) is 0 Å². The van der Waals surface area contributed by atoms with Gasteiger partial charge in [-0.25, -0.2) is 9.97 Å². The van der Waals surface area contributed by atoms with Gasteiger partial charge in [0.2, 0.25) is 10.6 Å².